The first-order valence-corrected chi connectivity index (χ1v) is 7.31. The molecule has 1 fully saturated rings. The molecule has 0 amide bonds. The minimum atomic E-state index is 0.435. The smallest absolute Gasteiger partial charge is 0.134 e. The maximum absolute atomic E-state index is 6.03. The molecule has 1 aliphatic carbocycles. The molecule has 0 aliphatic heterocycles. The van der Waals surface area contributed by atoms with Gasteiger partial charge in [-0.25, -0.2) is 0 Å². The molecule has 0 spiro atoms. The van der Waals surface area contributed by atoms with Crippen molar-refractivity contribution >= 4 is 27.7 Å². The van der Waals surface area contributed by atoms with Crippen LogP contribution >= 0.6 is 27.7 Å². The van der Waals surface area contributed by atoms with E-state index in [9.17, 15) is 0 Å². The van der Waals surface area contributed by atoms with Gasteiger partial charge in [0.25, 0.3) is 0 Å². The number of benzene rings is 1. The molecular weight excluding hydrogens is 272 g/mol. The van der Waals surface area contributed by atoms with E-state index in [2.05, 4.69) is 40.4 Å². The lowest BCUT2D eigenvalue weighted by Gasteiger charge is -2.15. The molecule has 82 valence electrons. The molecule has 0 radical (unpaired) electrons. The van der Waals surface area contributed by atoms with Gasteiger partial charge in [-0.3, -0.25) is 0 Å². The van der Waals surface area contributed by atoms with Gasteiger partial charge < -0.3 is 4.74 Å². The minimum absolute atomic E-state index is 0.435. The molecule has 0 aromatic heterocycles. The summed E-state index contributed by atoms with van der Waals surface area (Å²) < 4.78 is 7.12. The Morgan fingerprint density at radius 1 is 1.33 bits per heavy atom. The van der Waals surface area contributed by atoms with E-state index < -0.39 is 0 Å². The molecule has 0 atom stereocenters. The Morgan fingerprint density at radius 2 is 2.07 bits per heavy atom. The number of rotatable bonds is 3. The summed E-state index contributed by atoms with van der Waals surface area (Å²) in [5.41, 5.74) is 0. The van der Waals surface area contributed by atoms with E-state index in [1.165, 1.54) is 30.6 Å². The van der Waals surface area contributed by atoms with Gasteiger partial charge in [0.05, 0.1) is 6.10 Å². The Labute approximate surface area is 104 Å². The fourth-order valence-corrected chi connectivity index (χ4v) is 2.78. The second kappa shape index (κ2) is 5.26. The van der Waals surface area contributed by atoms with Crippen LogP contribution in [0.2, 0.25) is 0 Å². The molecule has 15 heavy (non-hydrogen) atoms. The third kappa shape index (κ3) is 2.91. The van der Waals surface area contributed by atoms with Crippen LogP contribution in [0.25, 0.3) is 0 Å². The van der Waals surface area contributed by atoms with Gasteiger partial charge in [-0.15, -0.1) is 11.8 Å². The van der Waals surface area contributed by atoms with Crippen molar-refractivity contribution in [1.82, 2.24) is 0 Å². The highest BCUT2D eigenvalue weighted by Gasteiger charge is 2.17. The summed E-state index contributed by atoms with van der Waals surface area (Å²) in [6.45, 7) is 0. The van der Waals surface area contributed by atoms with Crippen LogP contribution < -0.4 is 4.74 Å². The molecule has 0 N–H and O–H groups in total. The van der Waals surface area contributed by atoms with E-state index in [1.54, 1.807) is 11.8 Å². The predicted molar refractivity (Wildman–Crippen MR) is 68.8 cm³/mol. The largest absolute Gasteiger partial charge is 0.489 e. The lowest BCUT2D eigenvalue weighted by atomic mass is 10.3. The Bertz CT molecular complexity index is 334. The second-order valence-corrected chi connectivity index (χ2v) is 5.58. The van der Waals surface area contributed by atoms with Gasteiger partial charge in [-0.2, -0.15) is 0 Å². The number of ether oxygens (including phenoxy) is 1. The molecular formula is C12H15BrOS. The normalized spacial score (nSPS) is 16.9. The van der Waals surface area contributed by atoms with Gasteiger partial charge in [-0.1, -0.05) is 15.9 Å². The van der Waals surface area contributed by atoms with Crippen molar-refractivity contribution in [1.29, 1.82) is 0 Å². The first kappa shape index (κ1) is 11.3. The molecule has 1 saturated carbocycles. The molecule has 0 unspecified atom stereocenters. The van der Waals surface area contributed by atoms with Crippen LogP contribution in [0.1, 0.15) is 25.7 Å². The molecule has 1 nitrogen and oxygen atoms in total. The maximum atomic E-state index is 6.03. The van der Waals surface area contributed by atoms with Crippen LogP contribution in [-0.2, 0) is 0 Å². The van der Waals surface area contributed by atoms with E-state index >= 15 is 0 Å². The van der Waals surface area contributed by atoms with Crippen LogP contribution in [0.15, 0.2) is 27.6 Å². The third-order valence-corrected chi connectivity index (χ3v) is 3.99. The van der Waals surface area contributed by atoms with Crippen molar-refractivity contribution in [2.75, 3.05) is 6.26 Å². The van der Waals surface area contributed by atoms with E-state index in [4.69, 9.17) is 4.74 Å². The molecule has 0 saturated heterocycles. The lowest BCUT2D eigenvalue weighted by molar-refractivity contribution is 0.205. The summed E-state index contributed by atoms with van der Waals surface area (Å²) in [5.74, 6) is 1.03. The van der Waals surface area contributed by atoms with E-state index in [-0.39, 0.29) is 0 Å². The molecule has 1 aliphatic rings. The van der Waals surface area contributed by atoms with Crippen LogP contribution in [0.4, 0.5) is 0 Å². The van der Waals surface area contributed by atoms with Gasteiger partial charge in [0.1, 0.15) is 5.75 Å². The number of hydrogen-bond acceptors (Lipinski definition) is 2. The van der Waals surface area contributed by atoms with Crippen molar-refractivity contribution in [2.45, 2.75) is 36.7 Å². The van der Waals surface area contributed by atoms with Gasteiger partial charge >= 0.3 is 0 Å². The third-order valence-electron chi connectivity index (χ3n) is 2.72. The lowest BCUT2D eigenvalue weighted by Crippen LogP contribution is -2.11. The number of thioether (sulfide) groups is 1. The Hall–Kier alpha value is -0.150. The predicted octanol–water partition coefficient (Wildman–Crippen LogP) is 4.49. The first-order chi connectivity index (χ1) is 7.29. The zero-order valence-corrected chi connectivity index (χ0v) is 11.2. The molecule has 3 heteroatoms. The number of hydrogen-bond donors (Lipinski definition) is 0. The topological polar surface area (TPSA) is 9.23 Å². The van der Waals surface area contributed by atoms with Crippen molar-refractivity contribution in [3.05, 3.63) is 22.7 Å². The van der Waals surface area contributed by atoms with Crippen LogP contribution in [0, 0.1) is 0 Å². The van der Waals surface area contributed by atoms with Crippen LogP contribution in [0.5, 0.6) is 5.75 Å². The van der Waals surface area contributed by atoms with Gasteiger partial charge in [0, 0.05) is 9.37 Å². The highest BCUT2D eigenvalue weighted by molar-refractivity contribution is 9.10. The summed E-state index contributed by atoms with van der Waals surface area (Å²) in [6, 6.07) is 6.25. The maximum Gasteiger partial charge on any atom is 0.134 e. The fourth-order valence-electron chi connectivity index (χ4n) is 1.93. The molecule has 0 heterocycles. The van der Waals surface area contributed by atoms with Crippen LogP contribution in [-0.4, -0.2) is 12.4 Å². The molecule has 1 aromatic rings. The summed E-state index contributed by atoms with van der Waals surface area (Å²) in [7, 11) is 0. The first-order valence-electron chi connectivity index (χ1n) is 5.30. The Kier molecular flexibility index (Phi) is 3.98. The average molecular weight is 287 g/mol. The van der Waals surface area contributed by atoms with E-state index in [1.807, 2.05) is 0 Å². The summed E-state index contributed by atoms with van der Waals surface area (Å²) >= 11 is 5.23. The summed E-state index contributed by atoms with van der Waals surface area (Å²) in [4.78, 5) is 1.23. The summed E-state index contributed by atoms with van der Waals surface area (Å²) in [5, 5.41) is 0. The highest BCUT2D eigenvalue weighted by atomic mass is 79.9. The minimum Gasteiger partial charge on any atom is -0.489 e. The zero-order valence-electron chi connectivity index (χ0n) is 8.83. The standard InChI is InChI=1S/C12H15BrOS/c1-15-12-7-6-9(13)8-11(12)14-10-4-2-3-5-10/h6-8,10H,2-5H2,1H3. The molecule has 1 aromatic carbocycles. The highest BCUT2D eigenvalue weighted by Crippen LogP contribution is 2.33. The molecule has 0 bridgehead atoms. The van der Waals surface area contributed by atoms with E-state index in [0.717, 1.165) is 10.2 Å². The fraction of sp³-hybridized carbons (Fsp3) is 0.500. The van der Waals surface area contributed by atoms with Gasteiger partial charge in [-0.05, 0) is 50.1 Å². The van der Waals surface area contributed by atoms with Crippen molar-refractivity contribution < 1.29 is 4.74 Å². The second-order valence-electron chi connectivity index (χ2n) is 3.82. The Morgan fingerprint density at radius 3 is 2.73 bits per heavy atom. The molecule has 2 rings (SSSR count). The summed E-state index contributed by atoms with van der Waals surface area (Å²) in [6.07, 6.45) is 7.57. The van der Waals surface area contributed by atoms with Crippen molar-refractivity contribution in [2.24, 2.45) is 0 Å². The quantitative estimate of drug-likeness (QED) is 0.757. The van der Waals surface area contributed by atoms with Gasteiger partial charge in [0.2, 0.25) is 0 Å². The van der Waals surface area contributed by atoms with Gasteiger partial charge in [0.15, 0.2) is 0 Å². The SMILES string of the molecule is CSc1ccc(Br)cc1OC1CCCC1. The van der Waals surface area contributed by atoms with Crippen molar-refractivity contribution in [3.8, 4) is 5.75 Å². The van der Waals surface area contributed by atoms with Crippen molar-refractivity contribution in [3.63, 3.8) is 0 Å². The van der Waals surface area contributed by atoms with Crippen LogP contribution in [0.3, 0.4) is 0 Å². The monoisotopic (exact) mass is 286 g/mol. The van der Waals surface area contributed by atoms with E-state index in [0.29, 0.717) is 6.10 Å². The zero-order chi connectivity index (χ0) is 10.7. The number of halogens is 1. The Balaban J connectivity index is 2.14. The average Bonchev–Trinajstić information content (AvgIpc) is 2.71.